The van der Waals surface area contributed by atoms with Crippen LogP contribution in [0.4, 0.5) is 5.69 Å². The van der Waals surface area contributed by atoms with Crippen LogP contribution in [0.5, 0.6) is 0 Å². The van der Waals surface area contributed by atoms with Gasteiger partial charge < -0.3 is 5.32 Å². The molecule has 0 aliphatic heterocycles. The summed E-state index contributed by atoms with van der Waals surface area (Å²) in [5, 5.41) is 13.8. The monoisotopic (exact) mass is 397 g/mol. The lowest BCUT2D eigenvalue weighted by Crippen LogP contribution is -2.34. The van der Waals surface area contributed by atoms with Crippen molar-refractivity contribution < 1.29 is 18.1 Å². The quantitative estimate of drug-likeness (QED) is 0.422. The second kappa shape index (κ2) is 8.26. The lowest BCUT2D eigenvalue weighted by molar-refractivity contribution is -0.385. The molecule has 0 saturated heterocycles. The van der Waals surface area contributed by atoms with Crippen molar-refractivity contribution in [2.45, 2.75) is 11.8 Å². The van der Waals surface area contributed by atoms with Gasteiger partial charge in [-0.15, -0.1) is 0 Å². The average molecular weight is 398 g/mol. The Bertz CT molecular complexity index is 929. The summed E-state index contributed by atoms with van der Waals surface area (Å²) in [6.45, 7) is 1.52. The van der Waals surface area contributed by atoms with Crippen LogP contribution in [-0.4, -0.2) is 32.3 Å². The van der Waals surface area contributed by atoms with Gasteiger partial charge in [-0.2, -0.15) is 0 Å². The van der Waals surface area contributed by atoms with E-state index in [9.17, 15) is 23.3 Å². The average Bonchev–Trinajstić information content (AvgIpc) is 2.58. The Balaban J connectivity index is 1.93. The molecule has 2 rings (SSSR count). The number of carbonyl (C=O) groups excluding carboxylic acids is 1. The topological polar surface area (TPSA) is 118 Å². The smallest absolute Gasteiger partial charge is 0.269 e. The van der Waals surface area contributed by atoms with Crippen molar-refractivity contribution in [3.05, 3.63) is 68.7 Å². The first-order valence-corrected chi connectivity index (χ1v) is 9.35. The van der Waals surface area contributed by atoms with Gasteiger partial charge in [0.1, 0.15) is 0 Å². The Hall–Kier alpha value is -2.49. The zero-order valence-electron chi connectivity index (χ0n) is 13.7. The van der Waals surface area contributed by atoms with E-state index in [0.717, 1.165) is 6.07 Å². The standard InChI is InChI=1S/C16H16ClN3O5S/c1-11-10-14(20(22)23)6-7-15(11)26(24,25)19-9-8-18-16(21)12-2-4-13(17)5-3-12/h2-7,10,19H,8-9H2,1H3,(H,18,21). The lowest BCUT2D eigenvalue weighted by Gasteiger charge is -2.10. The van der Waals surface area contributed by atoms with Gasteiger partial charge in [-0.05, 0) is 42.8 Å². The molecular weight excluding hydrogens is 382 g/mol. The lowest BCUT2D eigenvalue weighted by atomic mass is 10.2. The molecule has 2 aromatic carbocycles. The van der Waals surface area contributed by atoms with Crippen LogP contribution in [0, 0.1) is 17.0 Å². The van der Waals surface area contributed by atoms with Crippen LogP contribution in [0.1, 0.15) is 15.9 Å². The fourth-order valence-corrected chi connectivity index (χ4v) is 3.57. The van der Waals surface area contributed by atoms with Crippen molar-refractivity contribution in [1.29, 1.82) is 0 Å². The summed E-state index contributed by atoms with van der Waals surface area (Å²) in [5.41, 5.74) is 0.483. The number of nitro groups is 1. The van der Waals surface area contributed by atoms with Gasteiger partial charge in [0.25, 0.3) is 11.6 Å². The summed E-state index contributed by atoms with van der Waals surface area (Å²) >= 11 is 5.75. The maximum atomic E-state index is 12.3. The number of amides is 1. The molecule has 0 unspecified atom stereocenters. The summed E-state index contributed by atoms with van der Waals surface area (Å²) in [7, 11) is -3.84. The Labute approximate surface area is 155 Å². The van der Waals surface area contributed by atoms with Gasteiger partial charge in [-0.3, -0.25) is 14.9 Å². The molecule has 0 aliphatic rings. The van der Waals surface area contributed by atoms with Crippen LogP contribution in [0.15, 0.2) is 47.4 Å². The predicted molar refractivity (Wildman–Crippen MR) is 96.8 cm³/mol. The van der Waals surface area contributed by atoms with Gasteiger partial charge in [-0.1, -0.05) is 11.6 Å². The first kappa shape index (κ1) is 19.8. The number of non-ortho nitro benzene ring substituents is 1. The molecule has 1 amide bonds. The van der Waals surface area contributed by atoms with Crippen molar-refractivity contribution in [2.24, 2.45) is 0 Å². The zero-order chi connectivity index (χ0) is 19.3. The van der Waals surface area contributed by atoms with Crippen LogP contribution >= 0.6 is 11.6 Å². The number of benzene rings is 2. The van der Waals surface area contributed by atoms with Gasteiger partial charge >= 0.3 is 0 Å². The number of nitro benzene ring substituents is 1. The van der Waals surface area contributed by atoms with Crippen molar-refractivity contribution in [3.8, 4) is 0 Å². The third-order valence-electron chi connectivity index (χ3n) is 3.47. The van der Waals surface area contributed by atoms with E-state index < -0.39 is 14.9 Å². The van der Waals surface area contributed by atoms with Gasteiger partial charge in [0.2, 0.25) is 10.0 Å². The van der Waals surface area contributed by atoms with E-state index in [-0.39, 0.29) is 35.1 Å². The zero-order valence-corrected chi connectivity index (χ0v) is 15.3. The van der Waals surface area contributed by atoms with E-state index in [2.05, 4.69) is 10.0 Å². The molecule has 2 N–H and O–H groups in total. The number of nitrogens with zero attached hydrogens (tertiary/aromatic N) is 1. The van der Waals surface area contributed by atoms with Crippen LogP contribution in [0.3, 0.4) is 0 Å². The number of hydrogen-bond donors (Lipinski definition) is 2. The molecule has 0 fully saturated rings. The minimum absolute atomic E-state index is 0.0297. The van der Waals surface area contributed by atoms with E-state index >= 15 is 0 Å². The summed E-state index contributed by atoms with van der Waals surface area (Å²) in [4.78, 5) is 22.0. The minimum Gasteiger partial charge on any atom is -0.351 e. The van der Waals surface area contributed by atoms with E-state index in [0.29, 0.717) is 10.6 Å². The Morgan fingerprint density at radius 1 is 1.15 bits per heavy atom. The van der Waals surface area contributed by atoms with Crippen LogP contribution in [-0.2, 0) is 10.0 Å². The Morgan fingerprint density at radius 2 is 1.81 bits per heavy atom. The van der Waals surface area contributed by atoms with Gasteiger partial charge in [0.05, 0.1) is 9.82 Å². The predicted octanol–water partition coefficient (Wildman–Crippen LogP) is 2.26. The number of carbonyl (C=O) groups is 1. The molecule has 2 aromatic rings. The molecule has 0 aromatic heterocycles. The summed E-state index contributed by atoms with van der Waals surface area (Å²) in [5.74, 6) is -0.354. The highest BCUT2D eigenvalue weighted by Gasteiger charge is 2.19. The maximum absolute atomic E-state index is 12.3. The van der Waals surface area contributed by atoms with E-state index in [1.807, 2.05) is 0 Å². The maximum Gasteiger partial charge on any atom is 0.269 e. The van der Waals surface area contributed by atoms with Crippen molar-refractivity contribution in [3.63, 3.8) is 0 Å². The third-order valence-corrected chi connectivity index (χ3v) is 5.34. The minimum atomic E-state index is -3.84. The van der Waals surface area contributed by atoms with Crippen molar-refractivity contribution in [2.75, 3.05) is 13.1 Å². The molecule has 0 radical (unpaired) electrons. The van der Waals surface area contributed by atoms with Crippen molar-refractivity contribution in [1.82, 2.24) is 10.0 Å². The number of nitrogens with one attached hydrogen (secondary N) is 2. The second-order valence-corrected chi connectivity index (χ2v) is 7.54. The van der Waals surface area contributed by atoms with Crippen LogP contribution in [0.2, 0.25) is 5.02 Å². The Kier molecular flexibility index (Phi) is 6.30. The molecule has 10 heteroatoms. The van der Waals surface area contributed by atoms with E-state index in [4.69, 9.17) is 11.6 Å². The highest BCUT2D eigenvalue weighted by Crippen LogP contribution is 2.20. The normalized spacial score (nSPS) is 11.2. The summed E-state index contributed by atoms with van der Waals surface area (Å²) in [6.07, 6.45) is 0. The SMILES string of the molecule is Cc1cc([N+](=O)[O-])ccc1S(=O)(=O)NCCNC(=O)c1ccc(Cl)cc1. The van der Waals surface area contributed by atoms with Gasteiger partial charge in [-0.25, -0.2) is 13.1 Å². The molecule has 8 nitrogen and oxygen atoms in total. The molecule has 0 saturated carbocycles. The molecular formula is C16H16ClN3O5S. The summed E-state index contributed by atoms with van der Waals surface area (Å²) < 4.78 is 26.9. The van der Waals surface area contributed by atoms with Crippen LogP contribution < -0.4 is 10.0 Å². The molecule has 26 heavy (non-hydrogen) atoms. The van der Waals surface area contributed by atoms with Crippen molar-refractivity contribution >= 4 is 33.2 Å². The van der Waals surface area contributed by atoms with Crippen LogP contribution in [0.25, 0.3) is 0 Å². The second-order valence-electron chi connectivity index (χ2n) is 5.37. The fourth-order valence-electron chi connectivity index (χ4n) is 2.19. The number of rotatable bonds is 7. The molecule has 0 bridgehead atoms. The van der Waals surface area contributed by atoms with E-state index in [1.54, 1.807) is 24.3 Å². The number of aryl methyl sites for hydroxylation is 1. The first-order valence-electron chi connectivity index (χ1n) is 7.49. The number of halogens is 1. The number of sulfonamides is 1. The molecule has 138 valence electrons. The largest absolute Gasteiger partial charge is 0.351 e. The Morgan fingerprint density at radius 3 is 2.38 bits per heavy atom. The van der Waals surface area contributed by atoms with Gasteiger partial charge in [0.15, 0.2) is 0 Å². The number of hydrogen-bond acceptors (Lipinski definition) is 5. The summed E-state index contributed by atoms with van der Waals surface area (Å²) in [6, 6.07) is 9.78. The highest BCUT2D eigenvalue weighted by atomic mass is 35.5. The molecule has 0 aliphatic carbocycles. The fraction of sp³-hybridized carbons (Fsp3) is 0.188. The highest BCUT2D eigenvalue weighted by molar-refractivity contribution is 7.89. The van der Waals surface area contributed by atoms with E-state index in [1.165, 1.54) is 19.1 Å². The molecule has 0 spiro atoms. The third kappa shape index (κ3) is 5.01. The molecule has 0 heterocycles. The van der Waals surface area contributed by atoms with Gasteiger partial charge in [0, 0.05) is 35.8 Å². The molecule has 0 atom stereocenters. The first-order chi connectivity index (χ1) is 12.2.